The van der Waals surface area contributed by atoms with Gasteiger partial charge in [-0.15, -0.1) is 0 Å². The summed E-state index contributed by atoms with van der Waals surface area (Å²) in [5.41, 5.74) is 1.33. The molecule has 19 heavy (non-hydrogen) atoms. The van der Waals surface area contributed by atoms with Crippen molar-refractivity contribution >= 4 is 0 Å². The summed E-state index contributed by atoms with van der Waals surface area (Å²) in [4.78, 5) is 0. The molecule has 0 unspecified atom stereocenters. The number of ether oxygens (including phenoxy) is 2. The van der Waals surface area contributed by atoms with Gasteiger partial charge in [0.15, 0.2) is 11.5 Å². The molecule has 3 rings (SSSR count). The number of hydrogen-bond acceptors (Lipinski definition) is 2. The van der Waals surface area contributed by atoms with Crippen LogP contribution < -0.4 is 14.8 Å². The first-order chi connectivity index (χ1) is 9.24. The Balaban J connectivity index is 1.60. The van der Waals surface area contributed by atoms with Crippen LogP contribution in [0.25, 0.3) is 0 Å². The minimum Gasteiger partial charge on any atom is -0.454 e. The van der Waals surface area contributed by atoms with Gasteiger partial charge in [0, 0.05) is 11.5 Å². The summed E-state index contributed by atoms with van der Waals surface area (Å²) in [6.07, 6.45) is 4.14. The Morgan fingerprint density at radius 3 is 2.89 bits per heavy atom. The van der Waals surface area contributed by atoms with Gasteiger partial charge < -0.3 is 14.8 Å². The van der Waals surface area contributed by atoms with E-state index in [9.17, 15) is 0 Å². The zero-order valence-electron chi connectivity index (χ0n) is 11.9. The molecule has 1 aromatic carbocycles. The minimum absolute atomic E-state index is 0.361. The van der Waals surface area contributed by atoms with E-state index in [-0.39, 0.29) is 0 Å². The monoisotopic (exact) mass is 262 g/mol. The van der Waals surface area contributed by atoms with Crippen LogP contribution in [0.4, 0.5) is 0 Å². The van der Waals surface area contributed by atoms with Crippen molar-refractivity contribution in [1.82, 2.24) is 0 Å². The Kier molecular flexibility index (Phi) is 3.65. The highest BCUT2D eigenvalue weighted by molar-refractivity contribution is 5.44. The minimum atomic E-state index is 0.361. The van der Waals surface area contributed by atoms with Crippen LogP contribution in [0.2, 0.25) is 0 Å². The Morgan fingerprint density at radius 1 is 1.16 bits per heavy atom. The summed E-state index contributed by atoms with van der Waals surface area (Å²) < 4.78 is 10.8. The van der Waals surface area contributed by atoms with Crippen molar-refractivity contribution in [2.24, 2.45) is 11.8 Å². The average molecular weight is 262 g/mol. The van der Waals surface area contributed by atoms with Crippen LogP contribution >= 0.6 is 0 Å². The van der Waals surface area contributed by atoms with Gasteiger partial charge in [-0.25, -0.2) is 0 Å². The standard InChI is InChI=1S/C16H23NO2/c1-11-4-3-5-14(12(11)2)17-9-13-6-7-15-16(8-13)19-10-18-15/h6-8,11-12,14,17H,3-5,9-10H2,1-2H3/p+1/t11-,12+,14+/m0/s1. The van der Waals surface area contributed by atoms with E-state index in [0.29, 0.717) is 6.79 Å². The Bertz CT molecular complexity index is 446. The van der Waals surface area contributed by atoms with Gasteiger partial charge in [0.1, 0.15) is 6.54 Å². The second-order valence-corrected chi connectivity index (χ2v) is 6.06. The third kappa shape index (κ3) is 2.71. The summed E-state index contributed by atoms with van der Waals surface area (Å²) in [6, 6.07) is 7.07. The van der Waals surface area contributed by atoms with Crippen molar-refractivity contribution in [2.75, 3.05) is 6.79 Å². The first-order valence-corrected chi connectivity index (χ1v) is 7.46. The van der Waals surface area contributed by atoms with Crippen LogP contribution in [-0.4, -0.2) is 12.8 Å². The maximum Gasteiger partial charge on any atom is 0.231 e. The molecule has 0 aromatic heterocycles. The van der Waals surface area contributed by atoms with E-state index in [1.54, 1.807) is 0 Å². The molecule has 3 heteroatoms. The molecule has 1 aromatic rings. The highest BCUT2D eigenvalue weighted by Gasteiger charge is 2.29. The van der Waals surface area contributed by atoms with Crippen LogP contribution in [0.5, 0.6) is 11.5 Å². The fraction of sp³-hybridized carbons (Fsp3) is 0.625. The summed E-state index contributed by atoms with van der Waals surface area (Å²) >= 11 is 0. The predicted octanol–water partition coefficient (Wildman–Crippen LogP) is 2.30. The lowest BCUT2D eigenvalue weighted by Gasteiger charge is -2.32. The maximum atomic E-state index is 5.43. The average Bonchev–Trinajstić information content (AvgIpc) is 2.88. The molecule has 1 fully saturated rings. The molecule has 0 bridgehead atoms. The van der Waals surface area contributed by atoms with Crippen molar-refractivity contribution in [3.8, 4) is 11.5 Å². The zero-order chi connectivity index (χ0) is 13.2. The first-order valence-electron chi connectivity index (χ1n) is 7.46. The number of quaternary nitrogens is 1. The fourth-order valence-corrected chi connectivity index (χ4v) is 3.31. The van der Waals surface area contributed by atoms with E-state index in [4.69, 9.17) is 9.47 Å². The van der Waals surface area contributed by atoms with Crippen LogP contribution in [0.3, 0.4) is 0 Å². The SMILES string of the molecule is C[C@@H]1[C@@H](C)CCC[C@H]1[NH2+]Cc1ccc2c(c1)OCO2. The molecule has 0 radical (unpaired) electrons. The molecule has 1 aliphatic heterocycles. The fourth-order valence-electron chi connectivity index (χ4n) is 3.31. The highest BCUT2D eigenvalue weighted by Crippen LogP contribution is 2.32. The van der Waals surface area contributed by atoms with Gasteiger partial charge in [-0.2, -0.15) is 0 Å². The zero-order valence-corrected chi connectivity index (χ0v) is 11.9. The molecule has 0 amide bonds. The van der Waals surface area contributed by atoms with Crippen LogP contribution in [0, 0.1) is 11.8 Å². The van der Waals surface area contributed by atoms with Gasteiger partial charge in [0.2, 0.25) is 6.79 Å². The van der Waals surface area contributed by atoms with Crippen molar-refractivity contribution in [3.05, 3.63) is 23.8 Å². The molecular formula is C16H24NO2+. The lowest BCUT2D eigenvalue weighted by atomic mass is 9.78. The van der Waals surface area contributed by atoms with E-state index in [2.05, 4.69) is 31.3 Å². The van der Waals surface area contributed by atoms with Gasteiger partial charge in [-0.05, 0) is 43.4 Å². The number of nitrogens with two attached hydrogens (primary N) is 1. The first kappa shape index (κ1) is 12.8. The van der Waals surface area contributed by atoms with Gasteiger partial charge in [0.25, 0.3) is 0 Å². The van der Waals surface area contributed by atoms with E-state index < -0.39 is 0 Å². The Morgan fingerprint density at radius 2 is 2.00 bits per heavy atom. The van der Waals surface area contributed by atoms with Gasteiger partial charge >= 0.3 is 0 Å². The largest absolute Gasteiger partial charge is 0.454 e. The summed E-state index contributed by atoms with van der Waals surface area (Å²) in [5.74, 6) is 3.47. The van der Waals surface area contributed by atoms with Crippen molar-refractivity contribution in [2.45, 2.75) is 45.7 Å². The number of rotatable bonds is 3. The van der Waals surface area contributed by atoms with Gasteiger partial charge in [-0.1, -0.05) is 13.8 Å². The second kappa shape index (κ2) is 5.41. The molecule has 3 atom stereocenters. The van der Waals surface area contributed by atoms with Crippen LogP contribution in [0.1, 0.15) is 38.7 Å². The molecule has 1 heterocycles. The summed E-state index contributed by atoms with van der Waals surface area (Å²) in [7, 11) is 0. The number of hydrogen-bond donors (Lipinski definition) is 1. The molecule has 0 saturated heterocycles. The smallest absolute Gasteiger partial charge is 0.231 e. The van der Waals surface area contributed by atoms with E-state index in [1.165, 1.54) is 24.8 Å². The van der Waals surface area contributed by atoms with Crippen molar-refractivity contribution < 1.29 is 14.8 Å². The Labute approximate surface area is 115 Å². The molecule has 2 aliphatic rings. The highest BCUT2D eigenvalue weighted by atomic mass is 16.7. The molecule has 2 N–H and O–H groups in total. The molecule has 1 aliphatic carbocycles. The molecular weight excluding hydrogens is 238 g/mol. The summed E-state index contributed by atoms with van der Waals surface area (Å²) in [5, 5.41) is 2.51. The van der Waals surface area contributed by atoms with Gasteiger partial charge in [-0.3, -0.25) is 0 Å². The Hall–Kier alpha value is -1.22. The lowest BCUT2D eigenvalue weighted by Crippen LogP contribution is -2.90. The topological polar surface area (TPSA) is 35.1 Å². The third-order valence-electron chi connectivity index (χ3n) is 4.86. The molecule has 3 nitrogen and oxygen atoms in total. The number of benzene rings is 1. The summed E-state index contributed by atoms with van der Waals surface area (Å²) in [6.45, 7) is 6.20. The van der Waals surface area contributed by atoms with Gasteiger partial charge in [0.05, 0.1) is 6.04 Å². The second-order valence-electron chi connectivity index (χ2n) is 6.06. The maximum absolute atomic E-state index is 5.43. The van der Waals surface area contributed by atoms with E-state index in [1.807, 2.05) is 6.07 Å². The van der Waals surface area contributed by atoms with Crippen molar-refractivity contribution in [1.29, 1.82) is 0 Å². The van der Waals surface area contributed by atoms with Crippen LogP contribution in [0.15, 0.2) is 18.2 Å². The number of fused-ring (bicyclic) bond motifs is 1. The van der Waals surface area contributed by atoms with E-state index in [0.717, 1.165) is 35.9 Å². The predicted molar refractivity (Wildman–Crippen MR) is 74.2 cm³/mol. The quantitative estimate of drug-likeness (QED) is 0.907. The molecule has 104 valence electrons. The molecule has 0 spiro atoms. The van der Waals surface area contributed by atoms with Crippen molar-refractivity contribution in [3.63, 3.8) is 0 Å². The lowest BCUT2D eigenvalue weighted by molar-refractivity contribution is -0.713. The molecule has 1 saturated carbocycles. The normalized spacial score (nSPS) is 29.5. The van der Waals surface area contributed by atoms with E-state index >= 15 is 0 Å². The van der Waals surface area contributed by atoms with Crippen LogP contribution in [-0.2, 0) is 6.54 Å². The third-order valence-corrected chi connectivity index (χ3v) is 4.86.